The van der Waals surface area contributed by atoms with Gasteiger partial charge in [-0.25, -0.2) is 0 Å². The highest BCUT2D eigenvalue weighted by Gasteiger charge is 2.16. The van der Waals surface area contributed by atoms with E-state index in [4.69, 9.17) is 0 Å². The van der Waals surface area contributed by atoms with Gasteiger partial charge in [0.1, 0.15) is 6.54 Å². The fraction of sp³-hybridized carbons (Fsp3) is 0.533. The summed E-state index contributed by atoms with van der Waals surface area (Å²) in [5.74, 6) is -0.123. The molecule has 0 saturated heterocycles. The van der Waals surface area contributed by atoms with Crippen LogP contribution in [0, 0.1) is 0 Å². The van der Waals surface area contributed by atoms with Gasteiger partial charge in [0.05, 0.1) is 0 Å². The maximum Gasteiger partial charge on any atom is 0.241 e. The first-order valence-electron chi connectivity index (χ1n) is 6.93. The molecule has 0 bridgehead atoms. The molecular weight excluding hydrogens is 254 g/mol. The molecule has 0 spiro atoms. The van der Waals surface area contributed by atoms with Gasteiger partial charge in [-0.15, -0.1) is 0 Å². The van der Waals surface area contributed by atoms with Gasteiger partial charge in [0.25, 0.3) is 0 Å². The molecule has 1 rings (SSSR count). The zero-order valence-corrected chi connectivity index (χ0v) is 12.5. The average Bonchev–Trinajstić information content (AvgIpc) is 2.44. The van der Waals surface area contributed by atoms with Gasteiger partial charge in [-0.05, 0) is 24.1 Å². The van der Waals surface area contributed by atoms with Crippen LogP contribution in [0.4, 0.5) is 0 Å². The number of carbonyl (C=O) groups excluding carboxylic acids is 2. The van der Waals surface area contributed by atoms with Gasteiger partial charge in [-0.2, -0.15) is 0 Å². The van der Waals surface area contributed by atoms with Crippen molar-refractivity contribution in [2.24, 2.45) is 0 Å². The van der Waals surface area contributed by atoms with Crippen molar-refractivity contribution >= 4 is 11.8 Å². The molecule has 0 unspecified atom stereocenters. The quantitative estimate of drug-likeness (QED) is 0.762. The van der Waals surface area contributed by atoms with Crippen LogP contribution in [0.25, 0.3) is 0 Å². The number of pyridine rings is 1. The van der Waals surface area contributed by atoms with Gasteiger partial charge in [-0.3, -0.25) is 14.6 Å². The second kappa shape index (κ2) is 8.30. The van der Waals surface area contributed by atoms with Crippen LogP contribution in [0.1, 0.15) is 32.3 Å². The summed E-state index contributed by atoms with van der Waals surface area (Å²) in [4.78, 5) is 30.9. The zero-order valence-electron chi connectivity index (χ0n) is 12.5. The molecule has 0 aliphatic rings. The number of hydrogen-bond donors (Lipinski definition) is 0. The summed E-state index contributed by atoms with van der Waals surface area (Å²) in [6, 6.07) is 3.70. The van der Waals surface area contributed by atoms with E-state index in [9.17, 15) is 9.59 Å². The smallest absolute Gasteiger partial charge is 0.241 e. The predicted molar refractivity (Wildman–Crippen MR) is 77.9 cm³/mol. The molecule has 0 aliphatic heterocycles. The highest BCUT2D eigenvalue weighted by Crippen LogP contribution is 2.04. The lowest BCUT2D eigenvalue weighted by atomic mass is 10.2. The number of rotatable bonds is 7. The topological polar surface area (TPSA) is 53.5 Å². The Bertz CT molecular complexity index is 434. The van der Waals surface area contributed by atoms with E-state index in [1.165, 1.54) is 6.92 Å². The largest absolute Gasteiger partial charge is 0.344 e. The molecule has 0 atom stereocenters. The highest BCUT2D eigenvalue weighted by molar-refractivity contribution is 5.83. The third kappa shape index (κ3) is 5.38. The minimum Gasteiger partial charge on any atom is -0.344 e. The number of amides is 2. The van der Waals surface area contributed by atoms with Crippen molar-refractivity contribution in [1.82, 2.24) is 14.8 Å². The Balaban J connectivity index is 2.59. The summed E-state index contributed by atoms with van der Waals surface area (Å²) < 4.78 is 0. The SMILES string of the molecule is CCCCN(C)C(=O)CN(Cc1ccncc1)C(C)=O. The van der Waals surface area contributed by atoms with E-state index in [1.807, 2.05) is 12.1 Å². The van der Waals surface area contributed by atoms with Gasteiger partial charge in [0, 0.05) is 39.5 Å². The molecule has 0 N–H and O–H groups in total. The van der Waals surface area contributed by atoms with Crippen molar-refractivity contribution < 1.29 is 9.59 Å². The Morgan fingerprint density at radius 2 is 1.90 bits per heavy atom. The maximum atomic E-state index is 12.1. The van der Waals surface area contributed by atoms with Crippen LogP contribution in [-0.4, -0.2) is 46.7 Å². The van der Waals surface area contributed by atoms with Crippen LogP contribution in [0.2, 0.25) is 0 Å². The lowest BCUT2D eigenvalue weighted by Gasteiger charge is -2.24. The van der Waals surface area contributed by atoms with Gasteiger partial charge in [0.15, 0.2) is 0 Å². The Morgan fingerprint density at radius 3 is 2.45 bits per heavy atom. The van der Waals surface area contributed by atoms with Gasteiger partial charge in [0.2, 0.25) is 11.8 Å². The van der Waals surface area contributed by atoms with Crippen molar-refractivity contribution in [3.8, 4) is 0 Å². The number of aromatic nitrogens is 1. The molecule has 2 amide bonds. The third-order valence-corrected chi connectivity index (χ3v) is 3.17. The first-order valence-corrected chi connectivity index (χ1v) is 6.93. The van der Waals surface area contributed by atoms with E-state index >= 15 is 0 Å². The monoisotopic (exact) mass is 277 g/mol. The van der Waals surface area contributed by atoms with E-state index in [2.05, 4.69) is 11.9 Å². The molecule has 0 fully saturated rings. The molecule has 1 heterocycles. The fourth-order valence-electron chi connectivity index (χ4n) is 1.79. The summed E-state index contributed by atoms with van der Waals surface area (Å²) >= 11 is 0. The molecule has 5 nitrogen and oxygen atoms in total. The van der Waals surface area contributed by atoms with Crippen molar-refractivity contribution in [2.45, 2.75) is 33.2 Å². The lowest BCUT2D eigenvalue weighted by molar-refractivity contribution is -0.139. The van der Waals surface area contributed by atoms with Crippen molar-refractivity contribution in [2.75, 3.05) is 20.1 Å². The summed E-state index contributed by atoms with van der Waals surface area (Å²) in [7, 11) is 1.78. The van der Waals surface area contributed by atoms with Crippen LogP contribution in [-0.2, 0) is 16.1 Å². The van der Waals surface area contributed by atoms with Crippen molar-refractivity contribution in [1.29, 1.82) is 0 Å². The summed E-state index contributed by atoms with van der Waals surface area (Å²) in [5, 5.41) is 0. The highest BCUT2D eigenvalue weighted by atomic mass is 16.2. The molecule has 0 aromatic carbocycles. The number of hydrogen-bond acceptors (Lipinski definition) is 3. The number of likely N-dealkylation sites (N-methyl/N-ethyl adjacent to an activating group) is 1. The minimum atomic E-state index is -0.0981. The second-order valence-corrected chi connectivity index (χ2v) is 4.90. The van der Waals surface area contributed by atoms with Gasteiger partial charge in [-0.1, -0.05) is 13.3 Å². The summed E-state index contributed by atoms with van der Waals surface area (Å²) in [5.41, 5.74) is 0.971. The van der Waals surface area contributed by atoms with E-state index in [-0.39, 0.29) is 18.4 Å². The molecule has 1 aromatic heterocycles. The predicted octanol–water partition coefficient (Wildman–Crippen LogP) is 1.69. The van der Waals surface area contributed by atoms with Crippen molar-refractivity contribution in [3.63, 3.8) is 0 Å². The summed E-state index contributed by atoms with van der Waals surface area (Å²) in [6.07, 6.45) is 5.39. The van der Waals surface area contributed by atoms with Crippen molar-refractivity contribution in [3.05, 3.63) is 30.1 Å². The molecule has 1 aromatic rings. The Hall–Kier alpha value is -1.91. The molecule has 0 radical (unpaired) electrons. The van der Waals surface area contributed by atoms with E-state index in [0.29, 0.717) is 6.54 Å². The molecule has 0 aliphatic carbocycles. The molecule has 0 saturated carbocycles. The Labute approximate surface area is 120 Å². The van der Waals surface area contributed by atoms with E-state index in [1.54, 1.807) is 29.2 Å². The van der Waals surface area contributed by atoms with Crippen LogP contribution >= 0.6 is 0 Å². The first kappa shape index (κ1) is 16.1. The van der Waals surface area contributed by atoms with Crippen LogP contribution in [0.15, 0.2) is 24.5 Å². The fourth-order valence-corrected chi connectivity index (χ4v) is 1.79. The van der Waals surface area contributed by atoms with Crippen LogP contribution in [0.5, 0.6) is 0 Å². The molecule has 5 heteroatoms. The average molecular weight is 277 g/mol. The number of carbonyl (C=O) groups is 2. The standard InChI is InChI=1S/C15H23N3O2/c1-4-5-10-17(3)15(20)12-18(13(2)19)11-14-6-8-16-9-7-14/h6-9H,4-5,10-12H2,1-3H3. The van der Waals surface area contributed by atoms with Crippen LogP contribution in [0.3, 0.4) is 0 Å². The molecule has 110 valence electrons. The molecular formula is C15H23N3O2. The van der Waals surface area contributed by atoms with E-state index < -0.39 is 0 Å². The Kier molecular flexibility index (Phi) is 6.70. The third-order valence-electron chi connectivity index (χ3n) is 3.17. The Morgan fingerprint density at radius 1 is 1.25 bits per heavy atom. The maximum absolute atomic E-state index is 12.1. The zero-order chi connectivity index (χ0) is 15.0. The van der Waals surface area contributed by atoms with E-state index in [0.717, 1.165) is 24.9 Å². The first-order chi connectivity index (χ1) is 9.54. The number of unbranched alkanes of at least 4 members (excludes halogenated alkanes) is 1. The minimum absolute atomic E-state index is 0.0253. The number of nitrogens with zero attached hydrogens (tertiary/aromatic N) is 3. The second-order valence-electron chi connectivity index (χ2n) is 4.90. The van der Waals surface area contributed by atoms with Gasteiger partial charge < -0.3 is 9.80 Å². The van der Waals surface area contributed by atoms with Gasteiger partial charge >= 0.3 is 0 Å². The summed E-state index contributed by atoms with van der Waals surface area (Å²) in [6.45, 7) is 4.86. The van der Waals surface area contributed by atoms with Crippen LogP contribution < -0.4 is 0 Å². The normalized spacial score (nSPS) is 10.2. The lowest BCUT2D eigenvalue weighted by Crippen LogP contribution is -2.40. The molecule has 20 heavy (non-hydrogen) atoms.